The van der Waals surface area contributed by atoms with Crippen LogP contribution in [0.25, 0.3) is 0 Å². The van der Waals surface area contributed by atoms with Crippen LogP contribution in [0.4, 0.5) is 4.79 Å². The third-order valence-electron chi connectivity index (χ3n) is 5.44. The molecule has 1 aliphatic heterocycles. The molecule has 1 heterocycles. The van der Waals surface area contributed by atoms with Gasteiger partial charge in [0.2, 0.25) is 0 Å². The minimum absolute atomic E-state index is 0.0570. The van der Waals surface area contributed by atoms with Gasteiger partial charge in [-0.3, -0.25) is 4.90 Å². The first kappa shape index (κ1) is 24.2. The number of likely N-dealkylation sites (N-methyl/N-ethyl adjacent to an activating group) is 1. The van der Waals surface area contributed by atoms with Crippen LogP contribution in [-0.4, -0.2) is 37.2 Å². The molecule has 0 fully saturated rings. The normalized spacial score (nSPS) is 15.5. The van der Waals surface area contributed by atoms with E-state index in [1.807, 2.05) is 42.5 Å². The molecule has 0 bridgehead atoms. The maximum absolute atomic E-state index is 13.1. The Hall–Kier alpha value is -3.97. The Morgan fingerprint density at radius 3 is 2.46 bits per heavy atom. The highest BCUT2D eigenvalue weighted by atomic mass is 35.5. The van der Waals surface area contributed by atoms with E-state index in [0.29, 0.717) is 33.5 Å². The average Bonchev–Trinajstić information content (AvgIpc) is 2.86. The zero-order chi connectivity index (χ0) is 24.8. The molecule has 0 aliphatic carbocycles. The number of amides is 2. The zero-order valence-corrected chi connectivity index (χ0v) is 20.1. The molecule has 35 heavy (non-hydrogen) atoms. The molecule has 8 heteroatoms. The molecular formula is C27H25ClN2O5. The van der Waals surface area contributed by atoms with E-state index in [9.17, 15) is 9.59 Å². The predicted octanol–water partition coefficient (Wildman–Crippen LogP) is 5.72. The molecule has 3 aromatic carbocycles. The standard InChI is InChI=1S/C27H25ClN2O5/c1-3-33-26(31)24-22(17-34-23-15-8-7-14-21(23)28)30(2)27(32)29-25(24)18-10-9-13-20(16-18)35-19-11-5-4-6-12-19/h4-16,25H,3,17H2,1-2H3,(H,29,32)/t25-/m1/s1. The average molecular weight is 493 g/mol. The van der Waals surface area contributed by atoms with Crippen LogP contribution in [0.5, 0.6) is 17.2 Å². The molecular weight excluding hydrogens is 468 g/mol. The summed E-state index contributed by atoms with van der Waals surface area (Å²) in [5, 5.41) is 3.32. The van der Waals surface area contributed by atoms with Gasteiger partial charge in [0, 0.05) is 7.05 Å². The first-order valence-corrected chi connectivity index (χ1v) is 11.5. The second-order valence-corrected chi connectivity index (χ2v) is 8.14. The summed E-state index contributed by atoms with van der Waals surface area (Å²) >= 11 is 6.22. The quantitative estimate of drug-likeness (QED) is 0.407. The number of nitrogens with one attached hydrogen (secondary N) is 1. The van der Waals surface area contributed by atoms with Crippen molar-refractivity contribution in [2.45, 2.75) is 13.0 Å². The van der Waals surface area contributed by atoms with E-state index in [1.54, 1.807) is 50.4 Å². The smallest absolute Gasteiger partial charge is 0.338 e. The molecule has 1 N–H and O–H groups in total. The Balaban J connectivity index is 1.72. The number of ether oxygens (including phenoxy) is 3. The van der Waals surface area contributed by atoms with E-state index < -0.39 is 12.0 Å². The number of urea groups is 1. The first-order chi connectivity index (χ1) is 17.0. The van der Waals surface area contributed by atoms with Gasteiger partial charge >= 0.3 is 12.0 Å². The molecule has 1 atom stereocenters. The summed E-state index contributed by atoms with van der Waals surface area (Å²) in [6.07, 6.45) is 0. The highest BCUT2D eigenvalue weighted by Gasteiger charge is 2.37. The van der Waals surface area contributed by atoms with Gasteiger partial charge in [0.15, 0.2) is 0 Å². The third-order valence-corrected chi connectivity index (χ3v) is 5.76. The second-order valence-electron chi connectivity index (χ2n) is 7.73. The van der Waals surface area contributed by atoms with Gasteiger partial charge in [-0.1, -0.05) is 54.1 Å². The van der Waals surface area contributed by atoms with Crippen LogP contribution in [-0.2, 0) is 9.53 Å². The number of carbonyl (C=O) groups excluding carboxylic acids is 2. The number of nitrogens with zero attached hydrogens (tertiary/aromatic N) is 1. The second kappa shape index (κ2) is 11.0. The number of hydrogen-bond donors (Lipinski definition) is 1. The van der Waals surface area contributed by atoms with Crippen molar-refractivity contribution in [2.75, 3.05) is 20.3 Å². The molecule has 4 rings (SSSR count). The maximum atomic E-state index is 13.1. The lowest BCUT2D eigenvalue weighted by Gasteiger charge is -2.34. The molecule has 180 valence electrons. The molecule has 0 radical (unpaired) electrons. The van der Waals surface area contributed by atoms with Crippen molar-refractivity contribution in [1.29, 1.82) is 0 Å². The molecule has 0 saturated carbocycles. The topological polar surface area (TPSA) is 77.1 Å². The lowest BCUT2D eigenvalue weighted by Crippen LogP contribution is -2.48. The lowest BCUT2D eigenvalue weighted by atomic mass is 9.94. The number of benzene rings is 3. The van der Waals surface area contributed by atoms with Crippen molar-refractivity contribution >= 4 is 23.6 Å². The van der Waals surface area contributed by atoms with Crippen molar-refractivity contribution in [1.82, 2.24) is 10.2 Å². The highest BCUT2D eigenvalue weighted by Crippen LogP contribution is 2.34. The first-order valence-electron chi connectivity index (χ1n) is 11.1. The number of rotatable bonds is 8. The van der Waals surface area contributed by atoms with Crippen LogP contribution in [0.2, 0.25) is 5.02 Å². The van der Waals surface area contributed by atoms with Crippen LogP contribution in [0.1, 0.15) is 18.5 Å². The SMILES string of the molecule is CCOC(=O)C1=C(COc2ccccc2Cl)N(C)C(=O)N[C@@H]1c1cccc(Oc2ccccc2)c1. The minimum Gasteiger partial charge on any atom is -0.486 e. The monoisotopic (exact) mass is 492 g/mol. The van der Waals surface area contributed by atoms with E-state index in [0.717, 1.165) is 0 Å². The van der Waals surface area contributed by atoms with Crippen LogP contribution in [0.15, 0.2) is 90.1 Å². The third kappa shape index (κ3) is 5.58. The summed E-state index contributed by atoms with van der Waals surface area (Å²) < 4.78 is 17.2. The van der Waals surface area contributed by atoms with Crippen LogP contribution < -0.4 is 14.8 Å². The molecule has 0 spiro atoms. The van der Waals surface area contributed by atoms with Crippen molar-refractivity contribution in [3.63, 3.8) is 0 Å². The highest BCUT2D eigenvalue weighted by molar-refractivity contribution is 6.32. The van der Waals surface area contributed by atoms with Crippen molar-refractivity contribution < 1.29 is 23.8 Å². The Bertz CT molecular complexity index is 1250. The van der Waals surface area contributed by atoms with E-state index >= 15 is 0 Å². The summed E-state index contributed by atoms with van der Waals surface area (Å²) in [4.78, 5) is 27.4. The zero-order valence-electron chi connectivity index (χ0n) is 19.4. The fourth-order valence-corrected chi connectivity index (χ4v) is 3.91. The summed E-state index contributed by atoms with van der Waals surface area (Å²) in [7, 11) is 1.57. The van der Waals surface area contributed by atoms with Gasteiger partial charge in [0.05, 0.1) is 28.9 Å². The van der Waals surface area contributed by atoms with Gasteiger partial charge < -0.3 is 19.5 Å². The molecule has 0 saturated heterocycles. The molecule has 0 unspecified atom stereocenters. The van der Waals surface area contributed by atoms with E-state index in [4.69, 9.17) is 25.8 Å². The lowest BCUT2D eigenvalue weighted by molar-refractivity contribution is -0.139. The Labute approximate surface area is 208 Å². The summed E-state index contributed by atoms with van der Waals surface area (Å²) in [6.45, 7) is 1.86. The molecule has 2 amide bonds. The van der Waals surface area contributed by atoms with Crippen LogP contribution in [0, 0.1) is 0 Å². The molecule has 0 aromatic heterocycles. The van der Waals surface area contributed by atoms with Gasteiger partial charge in [0.25, 0.3) is 0 Å². The summed E-state index contributed by atoms with van der Waals surface area (Å²) in [5.41, 5.74) is 1.32. The van der Waals surface area contributed by atoms with Crippen molar-refractivity contribution in [2.24, 2.45) is 0 Å². The predicted molar refractivity (Wildman–Crippen MR) is 133 cm³/mol. The van der Waals surface area contributed by atoms with Crippen LogP contribution >= 0.6 is 11.6 Å². The maximum Gasteiger partial charge on any atom is 0.338 e. The van der Waals surface area contributed by atoms with Gasteiger partial charge in [-0.25, -0.2) is 9.59 Å². The molecule has 7 nitrogen and oxygen atoms in total. The number of carbonyl (C=O) groups is 2. The molecule has 1 aliphatic rings. The van der Waals surface area contributed by atoms with Gasteiger partial charge in [-0.05, 0) is 48.9 Å². The number of esters is 1. The van der Waals surface area contributed by atoms with Gasteiger partial charge in [0.1, 0.15) is 23.9 Å². The van der Waals surface area contributed by atoms with Gasteiger partial charge in [-0.2, -0.15) is 0 Å². The Kier molecular flexibility index (Phi) is 7.57. The summed E-state index contributed by atoms with van der Waals surface area (Å²) in [5.74, 6) is 1.14. The Morgan fingerprint density at radius 2 is 1.71 bits per heavy atom. The van der Waals surface area contributed by atoms with Crippen molar-refractivity contribution in [3.8, 4) is 17.2 Å². The summed E-state index contributed by atoms with van der Waals surface area (Å²) in [6, 6.07) is 22.4. The fraction of sp³-hybridized carbons (Fsp3) is 0.185. The molecule has 3 aromatic rings. The number of halogens is 1. The largest absolute Gasteiger partial charge is 0.486 e. The number of hydrogen-bond acceptors (Lipinski definition) is 5. The van der Waals surface area contributed by atoms with Gasteiger partial charge in [-0.15, -0.1) is 0 Å². The van der Waals surface area contributed by atoms with Crippen LogP contribution in [0.3, 0.4) is 0 Å². The van der Waals surface area contributed by atoms with E-state index in [-0.39, 0.29) is 24.8 Å². The van der Waals surface area contributed by atoms with E-state index in [1.165, 1.54) is 4.90 Å². The van der Waals surface area contributed by atoms with Crippen molar-refractivity contribution in [3.05, 3.63) is 101 Å². The Morgan fingerprint density at radius 1 is 1.00 bits per heavy atom. The van der Waals surface area contributed by atoms with E-state index in [2.05, 4.69) is 5.32 Å². The minimum atomic E-state index is -0.762. The number of para-hydroxylation sites is 2. The fourth-order valence-electron chi connectivity index (χ4n) is 3.72.